The second-order valence-corrected chi connectivity index (χ2v) is 7.93. The van der Waals surface area contributed by atoms with Crippen LogP contribution in [0.1, 0.15) is 28.3 Å². The van der Waals surface area contributed by atoms with Crippen LogP contribution in [0.25, 0.3) is 0 Å². The van der Waals surface area contributed by atoms with E-state index in [9.17, 15) is 4.79 Å². The van der Waals surface area contributed by atoms with Crippen LogP contribution in [0.2, 0.25) is 0 Å². The van der Waals surface area contributed by atoms with E-state index in [4.69, 9.17) is 0 Å². The number of aromatic nitrogens is 4. The number of nitrogens with zero attached hydrogens (tertiary/aromatic N) is 6. The molecule has 1 aliphatic heterocycles. The summed E-state index contributed by atoms with van der Waals surface area (Å²) in [6.45, 7) is 5.93. The van der Waals surface area contributed by atoms with Crippen LogP contribution in [0, 0.1) is 0 Å². The van der Waals surface area contributed by atoms with Gasteiger partial charge in [0.05, 0.1) is 11.6 Å². The van der Waals surface area contributed by atoms with Crippen molar-refractivity contribution in [2.75, 3.05) is 36.4 Å². The van der Waals surface area contributed by atoms with Crippen molar-refractivity contribution in [3.05, 3.63) is 46.0 Å². The normalized spacial score (nSPS) is 16.3. The molecular formula is C17H19N7OS2. The van der Waals surface area contributed by atoms with Gasteiger partial charge in [-0.1, -0.05) is 11.3 Å². The fourth-order valence-electron chi connectivity index (χ4n) is 3.04. The van der Waals surface area contributed by atoms with Crippen molar-refractivity contribution < 1.29 is 4.79 Å². The zero-order valence-electron chi connectivity index (χ0n) is 14.8. The maximum absolute atomic E-state index is 12.2. The van der Waals surface area contributed by atoms with E-state index in [0.717, 1.165) is 37.0 Å². The lowest BCUT2D eigenvalue weighted by Gasteiger charge is -2.37. The minimum absolute atomic E-state index is 0.229. The summed E-state index contributed by atoms with van der Waals surface area (Å²) in [5.74, 6) is 0.664. The summed E-state index contributed by atoms with van der Waals surface area (Å²) in [5.41, 5.74) is 2.08. The van der Waals surface area contributed by atoms with Crippen LogP contribution >= 0.6 is 22.7 Å². The van der Waals surface area contributed by atoms with E-state index >= 15 is 0 Å². The third-order valence-electron chi connectivity index (χ3n) is 4.59. The monoisotopic (exact) mass is 401 g/mol. The molecule has 0 saturated carbocycles. The molecule has 0 aliphatic carbocycles. The highest BCUT2D eigenvalue weighted by Gasteiger charge is 2.24. The zero-order chi connectivity index (χ0) is 18.6. The van der Waals surface area contributed by atoms with E-state index in [1.165, 1.54) is 11.3 Å². The fourth-order valence-corrected chi connectivity index (χ4v) is 4.21. The zero-order valence-corrected chi connectivity index (χ0v) is 16.4. The van der Waals surface area contributed by atoms with Crippen molar-refractivity contribution in [1.82, 2.24) is 25.1 Å². The molecule has 140 valence electrons. The highest BCUT2D eigenvalue weighted by Crippen LogP contribution is 2.24. The maximum atomic E-state index is 12.2. The summed E-state index contributed by atoms with van der Waals surface area (Å²) in [4.78, 5) is 25.8. The Morgan fingerprint density at radius 3 is 2.67 bits per heavy atom. The number of amides is 1. The van der Waals surface area contributed by atoms with Crippen LogP contribution in [0.15, 0.2) is 35.4 Å². The van der Waals surface area contributed by atoms with Crippen molar-refractivity contribution in [3.63, 3.8) is 0 Å². The second kappa shape index (κ2) is 8.07. The summed E-state index contributed by atoms with van der Waals surface area (Å²) < 4.78 is 0. The molecule has 8 nitrogen and oxygen atoms in total. The molecule has 1 unspecified atom stereocenters. The number of nitrogens with one attached hydrogen (secondary N) is 1. The number of piperazine rings is 1. The second-order valence-electron chi connectivity index (χ2n) is 6.17. The molecule has 27 heavy (non-hydrogen) atoms. The van der Waals surface area contributed by atoms with Crippen LogP contribution in [0.3, 0.4) is 0 Å². The number of anilines is 2. The van der Waals surface area contributed by atoms with Crippen molar-refractivity contribution >= 4 is 39.5 Å². The van der Waals surface area contributed by atoms with Gasteiger partial charge in [-0.05, 0) is 19.1 Å². The highest BCUT2D eigenvalue weighted by atomic mass is 32.1. The van der Waals surface area contributed by atoms with Gasteiger partial charge in [0, 0.05) is 44.0 Å². The van der Waals surface area contributed by atoms with Gasteiger partial charge in [-0.2, -0.15) is 0 Å². The molecule has 1 fully saturated rings. The molecule has 1 aliphatic rings. The van der Waals surface area contributed by atoms with E-state index in [-0.39, 0.29) is 5.91 Å². The van der Waals surface area contributed by atoms with Gasteiger partial charge in [-0.15, -0.1) is 21.5 Å². The Hall–Kier alpha value is -2.43. The highest BCUT2D eigenvalue weighted by molar-refractivity contribution is 7.13. The largest absolute Gasteiger partial charge is 0.354 e. The maximum Gasteiger partial charge on any atom is 0.259 e. The summed E-state index contributed by atoms with van der Waals surface area (Å²) in [5, 5.41) is 13.9. The third kappa shape index (κ3) is 4.12. The Kier molecular flexibility index (Phi) is 5.37. The van der Waals surface area contributed by atoms with Gasteiger partial charge in [-0.3, -0.25) is 15.0 Å². The SMILES string of the molecule is CC(c1nccs1)N1CCN(c2ccc(C(=O)Nc3nncs3)cn2)CC1. The quantitative estimate of drug-likeness (QED) is 0.703. The van der Waals surface area contributed by atoms with Gasteiger partial charge in [0.2, 0.25) is 5.13 Å². The Balaban J connectivity index is 1.34. The van der Waals surface area contributed by atoms with Gasteiger partial charge in [0.25, 0.3) is 5.91 Å². The average molecular weight is 402 g/mol. The first-order chi connectivity index (χ1) is 13.2. The van der Waals surface area contributed by atoms with Crippen molar-refractivity contribution in [2.24, 2.45) is 0 Å². The molecule has 10 heteroatoms. The van der Waals surface area contributed by atoms with Gasteiger partial charge in [0.1, 0.15) is 16.3 Å². The average Bonchev–Trinajstić information content (AvgIpc) is 3.42. The van der Waals surface area contributed by atoms with E-state index in [1.807, 2.05) is 17.6 Å². The molecule has 0 aromatic carbocycles. The number of rotatable bonds is 5. The summed E-state index contributed by atoms with van der Waals surface area (Å²) in [6, 6.07) is 4.03. The molecule has 1 amide bonds. The summed E-state index contributed by atoms with van der Waals surface area (Å²) in [6.07, 6.45) is 3.47. The van der Waals surface area contributed by atoms with Gasteiger partial charge in [-0.25, -0.2) is 9.97 Å². The van der Waals surface area contributed by atoms with Crippen LogP contribution in [-0.4, -0.2) is 57.2 Å². The molecule has 0 radical (unpaired) electrons. The molecule has 4 heterocycles. The Bertz CT molecular complexity index is 859. The number of pyridine rings is 1. The Morgan fingerprint density at radius 1 is 1.19 bits per heavy atom. The van der Waals surface area contributed by atoms with Crippen molar-refractivity contribution in [3.8, 4) is 0 Å². The molecule has 3 aromatic rings. The number of hydrogen-bond acceptors (Lipinski definition) is 9. The van der Waals surface area contributed by atoms with Crippen molar-refractivity contribution in [2.45, 2.75) is 13.0 Å². The number of hydrogen-bond donors (Lipinski definition) is 1. The molecule has 1 saturated heterocycles. The molecule has 3 aromatic heterocycles. The first-order valence-electron chi connectivity index (χ1n) is 8.62. The van der Waals surface area contributed by atoms with Crippen molar-refractivity contribution in [1.29, 1.82) is 0 Å². The molecule has 4 rings (SSSR count). The summed E-state index contributed by atoms with van der Waals surface area (Å²) >= 11 is 2.98. The summed E-state index contributed by atoms with van der Waals surface area (Å²) in [7, 11) is 0. The van der Waals surface area contributed by atoms with E-state index in [0.29, 0.717) is 16.7 Å². The molecular weight excluding hydrogens is 382 g/mol. The first kappa shape index (κ1) is 18.0. The Morgan fingerprint density at radius 2 is 2.04 bits per heavy atom. The minimum atomic E-state index is -0.229. The smallest absolute Gasteiger partial charge is 0.259 e. The lowest BCUT2D eigenvalue weighted by atomic mass is 10.2. The van der Waals surface area contributed by atoms with Crippen LogP contribution in [-0.2, 0) is 0 Å². The van der Waals surface area contributed by atoms with E-state index < -0.39 is 0 Å². The van der Waals surface area contributed by atoms with Gasteiger partial charge < -0.3 is 4.90 Å². The van der Waals surface area contributed by atoms with Crippen LogP contribution in [0.4, 0.5) is 10.9 Å². The first-order valence-corrected chi connectivity index (χ1v) is 10.4. The lowest BCUT2D eigenvalue weighted by molar-refractivity contribution is 0.102. The predicted octanol–water partition coefficient (Wildman–Crippen LogP) is 2.53. The standard InChI is InChI=1S/C17H19N7OS2/c1-12(16-18-4-9-26-16)23-5-7-24(8-6-23)14-3-2-13(10-19-14)15(25)21-17-22-20-11-27-17/h2-4,9-12H,5-8H2,1H3,(H,21,22,25). The van der Waals surface area contributed by atoms with Gasteiger partial charge >= 0.3 is 0 Å². The lowest BCUT2D eigenvalue weighted by Crippen LogP contribution is -2.47. The molecule has 1 atom stereocenters. The van der Waals surface area contributed by atoms with Crippen LogP contribution < -0.4 is 10.2 Å². The topological polar surface area (TPSA) is 87.1 Å². The predicted molar refractivity (Wildman–Crippen MR) is 106 cm³/mol. The number of carbonyl (C=O) groups is 1. The minimum Gasteiger partial charge on any atom is -0.354 e. The van der Waals surface area contributed by atoms with E-state index in [1.54, 1.807) is 29.1 Å². The molecule has 1 N–H and O–H groups in total. The Labute approximate surface area is 164 Å². The van der Waals surface area contributed by atoms with E-state index in [2.05, 4.69) is 42.2 Å². The van der Waals surface area contributed by atoms with Gasteiger partial charge in [0.15, 0.2) is 0 Å². The fraction of sp³-hybridized carbons (Fsp3) is 0.353. The number of thiazole rings is 1. The molecule has 0 bridgehead atoms. The third-order valence-corrected chi connectivity index (χ3v) is 6.14. The molecule has 0 spiro atoms. The van der Waals surface area contributed by atoms with Crippen LogP contribution in [0.5, 0.6) is 0 Å². The number of carbonyl (C=O) groups excluding carboxylic acids is 1.